The highest BCUT2D eigenvalue weighted by atomic mass is 16.5. The zero-order chi connectivity index (χ0) is 19.2. The van der Waals surface area contributed by atoms with Gasteiger partial charge in [0.2, 0.25) is 0 Å². The Kier molecular flexibility index (Phi) is 4.78. The number of pyridine rings is 1. The molecule has 3 unspecified atom stereocenters. The molecule has 1 aromatic rings. The van der Waals surface area contributed by atoms with Gasteiger partial charge < -0.3 is 19.9 Å². The molecule has 2 N–H and O–H groups in total. The summed E-state index contributed by atoms with van der Waals surface area (Å²) in [7, 11) is 0. The quantitative estimate of drug-likeness (QED) is 0.833. The number of fused-ring (bicyclic) bond motifs is 2. The number of nitrogens with zero attached hydrogens (tertiary/aromatic N) is 1. The summed E-state index contributed by atoms with van der Waals surface area (Å²) in [5.74, 6) is 0.431. The van der Waals surface area contributed by atoms with Crippen molar-refractivity contribution in [2.75, 3.05) is 13.2 Å². The molecule has 0 aromatic carbocycles. The lowest BCUT2D eigenvalue weighted by molar-refractivity contribution is -0.143. The molecular weight excluding hydrogens is 342 g/mol. The molecule has 6 heteroatoms. The van der Waals surface area contributed by atoms with Gasteiger partial charge in [0.15, 0.2) is 0 Å². The second-order valence-corrected chi connectivity index (χ2v) is 8.84. The summed E-state index contributed by atoms with van der Waals surface area (Å²) in [5.41, 5.74) is 2.82. The smallest absolute Gasteiger partial charge is 0.317 e. The van der Waals surface area contributed by atoms with Gasteiger partial charge in [0, 0.05) is 48.3 Å². The van der Waals surface area contributed by atoms with Gasteiger partial charge in [0.25, 0.3) is 5.56 Å². The van der Waals surface area contributed by atoms with E-state index < -0.39 is 0 Å². The molecule has 2 amide bonds. The Hall–Kier alpha value is -1.82. The number of amides is 2. The molecule has 0 spiro atoms. The molecule has 2 heterocycles. The van der Waals surface area contributed by atoms with Crippen LogP contribution in [0.15, 0.2) is 10.9 Å². The number of carbonyl (C=O) groups excluding carboxylic acids is 1. The fourth-order valence-electron chi connectivity index (χ4n) is 5.50. The molecular formula is C21H31N3O3. The number of hydrogen-bond acceptors (Lipinski definition) is 3. The molecule has 2 aliphatic carbocycles. The van der Waals surface area contributed by atoms with E-state index in [9.17, 15) is 9.59 Å². The maximum atomic E-state index is 13.0. The third-order valence-electron chi connectivity index (χ3n) is 6.69. The fraction of sp³-hybridized carbons (Fsp3) is 0.714. The average Bonchev–Trinajstić information content (AvgIpc) is 3.26. The van der Waals surface area contributed by atoms with Crippen LogP contribution < -0.4 is 10.9 Å². The molecule has 2 fully saturated rings. The van der Waals surface area contributed by atoms with E-state index in [1.807, 2.05) is 11.0 Å². The number of nitrogens with one attached hydrogen (secondary N) is 2. The fourth-order valence-corrected chi connectivity index (χ4v) is 5.50. The van der Waals surface area contributed by atoms with Crippen LogP contribution in [-0.2, 0) is 24.1 Å². The van der Waals surface area contributed by atoms with Gasteiger partial charge in [-0.3, -0.25) is 4.79 Å². The molecule has 1 saturated carbocycles. The van der Waals surface area contributed by atoms with Gasteiger partial charge in [-0.2, -0.15) is 0 Å². The first-order valence-electron chi connectivity index (χ1n) is 10.3. The number of aromatic amines is 1. The predicted octanol–water partition coefficient (Wildman–Crippen LogP) is 2.60. The van der Waals surface area contributed by atoms with Crippen LogP contribution in [0.3, 0.4) is 0 Å². The van der Waals surface area contributed by atoms with Gasteiger partial charge in [-0.25, -0.2) is 4.79 Å². The third-order valence-corrected chi connectivity index (χ3v) is 6.69. The van der Waals surface area contributed by atoms with Crippen LogP contribution in [0.1, 0.15) is 56.9 Å². The number of hydrogen-bond donors (Lipinski definition) is 2. The standard InChI is InChI=1S/C21H31N3O3/c1-4-9-24(17-15-8-10-27-18(15)21(17,2)3)20(26)22-12-14-11-13-6-5-7-16(13)23-19(14)25/h11,15,17-18H,4-10,12H2,1-3H3,(H,22,26)(H,23,25). The van der Waals surface area contributed by atoms with Crippen LogP contribution in [0.5, 0.6) is 0 Å². The Morgan fingerprint density at radius 3 is 3.00 bits per heavy atom. The van der Waals surface area contributed by atoms with Crippen LogP contribution in [-0.4, -0.2) is 41.2 Å². The molecule has 4 rings (SSSR count). The van der Waals surface area contributed by atoms with Crippen LogP contribution in [0.2, 0.25) is 0 Å². The van der Waals surface area contributed by atoms with Crippen LogP contribution in [0, 0.1) is 11.3 Å². The summed E-state index contributed by atoms with van der Waals surface area (Å²) in [4.78, 5) is 30.3. The van der Waals surface area contributed by atoms with Gasteiger partial charge in [-0.05, 0) is 43.7 Å². The summed E-state index contributed by atoms with van der Waals surface area (Å²) in [6, 6.07) is 2.10. The Morgan fingerprint density at radius 1 is 1.41 bits per heavy atom. The number of carbonyl (C=O) groups is 1. The molecule has 3 aliphatic rings. The van der Waals surface area contributed by atoms with Crippen molar-refractivity contribution in [3.05, 3.63) is 33.2 Å². The van der Waals surface area contributed by atoms with Gasteiger partial charge in [0.1, 0.15) is 0 Å². The Morgan fingerprint density at radius 2 is 2.22 bits per heavy atom. The van der Waals surface area contributed by atoms with E-state index in [1.165, 1.54) is 5.56 Å². The number of rotatable bonds is 5. The van der Waals surface area contributed by atoms with Crippen LogP contribution >= 0.6 is 0 Å². The Labute approximate surface area is 160 Å². The highest BCUT2D eigenvalue weighted by molar-refractivity contribution is 5.75. The van der Waals surface area contributed by atoms with E-state index in [4.69, 9.17) is 4.74 Å². The summed E-state index contributed by atoms with van der Waals surface area (Å²) < 4.78 is 5.89. The number of aromatic nitrogens is 1. The summed E-state index contributed by atoms with van der Waals surface area (Å²) >= 11 is 0. The average molecular weight is 373 g/mol. The molecule has 1 saturated heterocycles. The monoisotopic (exact) mass is 373 g/mol. The summed E-state index contributed by atoms with van der Waals surface area (Å²) in [6.45, 7) is 8.29. The maximum Gasteiger partial charge on any atom is 0.317 e. The lowest BCUT2D eigenvalue weighted by Gasteiger charge is -2.58. The van der Waals surface area contributed by atoms with Crippen molar-refractivity contribution in [1.29, 1.82) is 0 Å². The first-order chi connectivity index (χ1) is 12.9. The second kappa shape index (κ2) is 6.97. The zero-order valence-electron chi connectivity index (χ0n) is 16.6. The molecule has 1 aliphatic heterocycles. The Bertz CT molecular complexity index is 785. The minimum absolute atomic E-state index is 0.0290. The van der Waals surface area contributed by atoms with Gasteiger partial charge >= 0.3 is 6.03 Å². The van der Waals surface area contributed by atoms with E-state index in [2.05, 4.69) is 31.1 Å². The normalized spacial score (nSPS) is 27.6. The number of aryl methyl sites for hydroxylation is 2. The highest BCUT2D eigenvalue weighted by Gasteiger charge is 2.62. The van der Waals surface area contributed by atoms with E-state index in [-0.39, 0.29) is 35.7 Å². The minimum Gasteiger partial charge on any atom is -0.377 e. The summed E-state index contributed by atoms with van der Waals surface area (Å²) in [6.07, 6.45) is 5.24. The SMILES string of the molecule is CCCN(C(=O)NCc1cc2c([nH]c1=O)CCC2)C1C2CCOC2C1(C)C. The molecule has 148 valence electrons. The van der Waals surface area contributed by atoms with Crippen molar-refractivity contribution in [3.8, 4) is 0 Å². The van der Waals surface area contributed by atoms with Crippen molar-refractivity contribution in [2.24, 2.45) is 11.3 Å². The van der Waals surface area contributed by atoms with E-state index in [0.717, 1.165) is 50.9 Å². The molecule has 3 atom stereocenters. The number of urea groups is 1. The maximum absolute atomic E-state index is 13.0. The van der Waals surface area contributed by atoms with Crippen molar-refractivity contribution >= 4 is 6.03 Å². The van der Waals surface area contributed by atoms with E-state index >= 15 is 0 Å². The van der Waals surface area contributed by atoms with Crippen molar-refractivity contribution < 1.29 is 9.53 Å². The van der Waals surface area contributed by atoms with E-state index in [0.29, 0.717) is 11.5 Å². The number of ether oxygens (including phenoxy) is 1. The lowest BCUT2D eigenvalue weighted by Crippen LogP contribution is -2.68. The summed E-state index contributed by atoms with van der Waals surface area (Å²) in [5, 5.41) is 3.01. The lowest BCUT2D eigenvalue weighted by atomic mass is 9.56. The van der Waals surface area contributed by atoms with Crippen LogP contribution in [0.25, 0.3) is 0 Å². The highest BCUT2D eigenvalue weighted by Crippen LogP contribution is 2.54. The molecule has 0 bridgehead atoms. The topological polar surface area (TPSA) is 74.4 Å². The van der Waals surface area contributed by atoms with E-state index in [1.54, 1.807) is 0 Å². The van der Waals surface area contributed by atoms with Crippen molar-refractivity contribution in [3.63, 3.8) is 0 Å². The number of H-pyrrole nitrogens is 1. The Balaban J connectivity index is 1.47. The molecule has 0 radical (unpaired) electrons. The van der Waals surface area contributed by atoms with Crippen molar-refractivity contribution in [1.82, 2.24) is 15.2 Å². The molecule has 6 nitrogen and oxygen atoms in total. The second-order valence-electron chi connectivity index (χ2n) is 8.84. The van der Waals surface area contributed by atoms with Gasteiger partial charge in [-0.1, -0.05) is 20.8 Å². The minimum atomic E-state index is -0.0776. The first-order valence-corrected chi connectivity index (χ1v) is 10.3. The third kappa shape index (κ3) is 3.08. The zero-order valence-corrected chi connectivity index (χ0v) is 16.6. The van der Waals surface area contributed by atoms with Gasteiger partial charge in [-0.15, -0.1) is 0 Å². The van der Waals surface area contributed by atoms with Crippen LogP contribution in [0.4, 0.5) is 4.79 Å². The first kappa shape index (κ1) is 18.5. The molecule has 27 heavy (non-hydrogen) atoms. The molecule has 1 aromatic heterocycles. The van der Waals surface area contributed by atoms with Gasteiger partial charge in [0.05, 0.1) is 6.10 Å². The van der Waals surface area contributed by atoms with Crippen molar-refractivity contribution in [2.45, 2.75) is 71.6 Å². The predicted molar refractivity (Wildman–Crippen MR) is 104 cm³/mol. The largest absolute Gasteiger partial charge is 0.377 e.